The molecule has 0 bridgehead atoms. The summed E-state index contributed by atoms with van der Waals surface area (Å²) in [5.41, 5.74) is 2.06. The van der Waals surface area contributed by atoms with Crippen LogP contribution < -0.4 is 0 Å². The zero-order valence-electron chi connectivity index (χ0n) is 13.2. The maximum Gasteiger partial charge on any atom is 0.343 e. The number of carbonyl (C=O) groups is 1. The number of nitrogens with zero attached hydrogens (tertiary/aromatic N) is 3. The maximum absolute atomic E-state index is 12.1. The number of carbonyl (C=O) groups excluding carboxylic acids is 1. The Morgan fingerprint density at radius 3 is 2.65 bits per heavy atom. The Kier molecular flexibility index (Phi) is 4.78. The van der Waals surface area contributed by atoms with Gasteiger partial charge in [-0.15, -0.1) is 0 Å². The van der Waals surface area contributed by atoms with Crippen LogP contribution in [0.2, 0.25) is 10.3 Å². The zero-order chi connectivity index (χ0) is 16.6. The number of fused-ring (bicyclic) bond motifs is 1. The van der Waals surface area contributed by atoms with E-state index in [2.05, 4.69) is 10.1 Å². The highest BCUT2D eigenvalue weighted by atomic mass is 35.5. The molecule has 2 aromatic rings. The Morgan fingerprint density at radius 2 is 2.00 bits per heavy atom. The third kappa shape index (κ3) is 2.92. The summed E-state index contributed by atoms with van der Waals surface area (Å²) in [5, 5.41) is 5.19. The van der Waals surface area contributed by atoms with E-state index in [4.69, 9.17) is 27.9 Å². The molecule has 23 heavy (non-hydrogen) atoms. The molecule has 0 aromatic carbocycles. The summed E-state index contributed by atoms with van der Waals surface area (Å²) in [6.07, 6.45) is 5.69. The summed E-state index contributed by atoms with van der Waals surface area (Å²) in [5.74, 6) is -0.152. The van der Waals surface area contributed by atoms with E-state index < -0.39 is 5.97 Å². The summed E-state index contributed by atoms with van der Waals surface area (Å²) in [6, 6.07) is 0. The number of halogens is 2. The van der Waals surface area contributed by atoms with E-state index in [1.165, 1.54) is 23.8 Å². The summed E-state index contributed by atoms with van der Waals surface area (Å²) >= 11 is 13.0. The van der Waals surface area contributed by atoms with Gasteiger partial charge in [0, 0.05) is 5.56 Å². The van der Waals surface area contributed by atoms with Crippen molar-refractivity contribution < 1.29 is 9.53 Å². The Morgan fingerprint density at radius 1 is 1.30 bits per heavy atom. The van der Waals surface area contributed by atoms with Crippen LogP contribution in [0.3, 0.4) is 0 Å². The monoisotopic (exact) mass is 355 g/mol. The number of ether oxygens (including phenoxy) is 1. The molecule has 5 nitrogen and oxygen atoms in total. The Balaban J connectivity index is 2.15. The molecule has 0 saturated heterocycles. The van der Waals surface area contributed by atoms with Crippen LogP contribution >= 0.6 is 23.2 Å². The number of esters is 1. The molecule has 0 aliphatic heterocycles. The molecular formula is C16H19Cl2N3O2. The summed E-state index contributed by atoms with van der Waals surface area (Å²) in [6.45, 7) is 3.79. The molecule has 1 aliphatic carbocycles. The van der Waals surface area contributed by atoms with Crippen molar-refractivity contribution >= 4 is 34.8 Å². The minimum atomic E-state index is -0.454. The first-order chi connectivity index (χ1) is 11.0. The molecule has 3 rings (SSSR count). The molecule has 0 amide bonds. The largest absolute Gasteiger partial charge is 0.462 e. The first kappa shape index (κ1) is 16.5. The van der Waals surface area contributed by atoms with Gasteiger partial charge in [-0.05, 0) is 32.6 Å². The van der Waals surface area contributed by atoms with E-state index in [1.807, 2.05) is 0 Å². The fourth-order valence-corrected chi connectivity index (χ4v) is 4.01. The van der Waals surface area contributed by atoms with Crippen LogP contribution in [0.1, 0.15) is 66.6 Å². The third-order valence-corrected chi connectivity index (χ3v) is 5.02. The second-order valence-electron chi connectivity index (χ2n) is 5.86. The molecule has 0 radical (unpaired) electrons. The van der Waals surface area contributed by atoms with E-state index >= 15 is 0 Å². The number of hydrogen-bond acceptors (Lipinski definition) is 4. The molecule has 2 heterocycles. The maximum atomic E-state index is 12.1. The minimum Gasteiger partial charge on any atom is -0.462 e. The van der Waals surface area contributed by atoms with Crippen molar-refractivity contribution in [3.8, 4) is 0 Å². The van der Waals surface area contributed by atoms with Crippen LogP contribution in [0.25, 0.3) is 5.65 Å². The van der Waals surface area contributed by atoms with Crippen LogP contribution in [0.15, 0.2) is 0 Å². The van der Waals surface area contributed by atoms with Crippen LogP contribution in [-0.4, -0.2) is 27.2 Å². The Labute approximate surface area is 144 Å². The van der Waals surface area contributed by atoms with Gasteiger partial charge in [-0.2, -0.15) is 5.10 Å². The summed E-state index contributed by atoms with van der Waals surface area (Å²) in [7, 11) is 0. The predicted octanol–water partition coefficient (Wildman–Crippen LogP) is 4.57. The van der Waals surface area contributed by atoms with Crippen molar-refractivity contribution in [1.29, 1.82) is 0 Å². The topological polar surface area (TPSA) is 56.5 Å². The lowest BCUT2D eigenvalue weighted by Crippen LogP contribution is -2.11. The molecule has 2 aromatic heterocycles. The predicted molar refractivity (Wildman–Crippen MR) is 89.5 cm³/mol. The van der Waals surface area contributed by atoms with Crippen LogP contribution in [-0.2, 0) is 4.74 Å². The molecule has 124 valence electrons. The van der Waals surface area contributed by atoms with Gasteiger partial charge in [0.25, 0.3) is 0 Å². The van der Waals surface area contributed by atoms with E-state index in [9.17, 15) is 4.79 Å². The van der Waals surface area contributed by atoms with Crippen molar-refractivity contribution in [3.05, 3.63) is 27.1 Å². The number of hydrogen-bond donors (Lipinski definition) is 0. The lowest BCUT2D eigenvalue weighted by molar-refractivity contribution is 0.0527. The van der Waals surface area contributed by atoms with Crippen molar-refractivity contribution in [3.63, 3.8) is 0 Å². The van der Waals surface area contributed by atoms with Crippen LogP contribution in [0, 0.1) is 6.92 Å². The fourth-order valence-electron chi connectivity index (χ4n) is 3.28. The molecule has 1 aliphatic rings. The van der Waals surface area contributed by atoms with Gasteiger partial charge in [0.05, 0.1) is 12.3 Å². The quantitative estimate of drug-likeness (QED) is 0.597. The lowest BCUT2D eigenvalue weighted by atomic mass is 9.85. The summed E-state index contributed by atoms with van der Waals surface area (Å²) < 4.78 is 6.60. The lowest BCUT2D eigenvalue weighted by Gasteiger charge is -2.23. The standard InChI is InChI=1S/C16H19Cl2N3O2/c1-3-23-16(22)11-9(2)20-21-14(18)12(13(17)19-15(11)21)10-7-5-4-6-8-10/h10H,3-8H2,1-2H3. The SMILES string of the molecule is CCOC(=O)c1c(C)nn2c(Cl)c(C3CCCCC3)c(Cl)nc12. The molecule has 7 heteroatoms. The van der Waals surface area contributed by atoms with Crippen LogP contribution in [0.5, 0.6) is 0 Å². The number of rotatable bonds is 3. The first-order valence-electron chi connectivity index (χ1n) is 7.96. The average Bonchev–Trinajstić information content (AvgIpc) is 2.85. The van der Waals surface area contributed by atoms with Crippen molar-refractivity contribution in [2.24, 2.45) is 0 Å². The highest BCUT2D eigenvalue weighted by molar-refractivity contribution is 6.35. The highest BCUT2D eigenvalue weighted by Gasteiger charge is 2.27. The smallest absolute Gasteiger partial charge is 0.343 e. The first-order valence-corrected chi connectivity index (χ1v) is 8.71. The number of aryl methyl sites for hydroxylation is 1. The van der Waals surface area contributed by atoms with Gasteiger partial charge in [0.15, 0.2) is 5.65 Å². The molecular weight excluding hydrogens is 337 g/mol. The second-order valence-corrected chi connectivity index (χ2v) is 6.57. The fraction of sp³-hybridized carbons (Fsp3) is 0.562. The normalized spacial score (nSPS) is 16.0. The van der Waals surface area contributed by atoms with E-state index in [0.29, 0.717) is 33.1 Å². The molecule has 1 saturated carbocycles. The Hall–Kier alpha value is -1.33. The average molecular weight is 356 g/mol. The van der Waals surface area contributed by atoms with Gasteiger partial charge >= 0.3 is 5.97 Å². The van der Waals surface area contributed by atoms with E-state index in [-0.39, 0.29) is 6.61 Å². The molecule has 0 spiro atoms. The van der Waals surface area contributed by atoms with Crippen molar-refractivity contribution in [1.82, 2.24) is 14.6 Å². The van der Waals surface area contributed by atoms with Gasteiger partial charge in [0.1, 0.15) is 15.9 Å². The molecule has 0 N–H and O–H groups in total. The van der Waals surface area contributed by atoms with Gasteiger partial charge < -0.3 is 4.74 Å². The minimum absolute atomic E-state index is 0.289. The number of aromatic nitrogens is 3. The van der Waals surface area contributed by atoms with Crippen LogP contribution in [0.4, 0.5) is 0 Å². The Bertz CT molecular complexity index is 752. The zero-order valence-corrected chi connectivity index (χ0v) is 14.7. The third-order valence-electron chi connectivity index (χ3n) is 4.36. The second kappa shape index (κ2) is 6.65. The summed E-state index contributed by atoms with van der Waals surface area (Å²) in [4.78, 5) is 16.6. The highest BCUT2D eigenvalue weighted by Crippen LogP contribution is 2.40. The molecule has 1 fully saturated rings. The van der Waals surface area contributed by atoms with Crippen molar-refractivity contribution in [2.45, 2.75) is 51.9 Å². The van der Waals surface area contributed by atoms with Gasteiger partial charge in [-0.25, -0.2) is 14.3 Å². The van der Waals surface area contributed by atoms with Gasteiger partial charge in [-0.1, -0.05) is 42.5 Å². The van der Waals surface area contributed by atoms with Gasteiger partial charge in [-0.3, -0.25) is 0 Å². The van der Waals surface area contributed by atoms with E-state index in [1.54, 1.807) is 13.8 Å². The van der Waals surface area contributed by atoms with Gasteiger partial charge in [0.2, 0.25) is 0 Å². The molecule has 0 atom stereocenters. The molecule has 0 unspecified atom stereocenters. The van der Waals surface area contributed by atoms with Crippen molar-refractivity contribution in [2.75, 3.05) is 6.61 Å². The van der Waals surface area contributed by atoms with E-state index in [0.717, 1.165) is 18.4 Å².